The van der Waals surface area contributed by atoms with Crippen molar-refractivity contribution < 1.29 is 0 Å². The highest BCUT2D eigenvalue weighted by Crippen LogP contribution is 2.47. The van der Waals surface area contributed by atoms with E-state index in [4.69, 9.17) is 0 Å². The minimum absolute atomic E-state index is 0.522. The Hall–Kier alpha value is 0.430. The van der Waals surface area contributed by atoms with Gasteiger partial charge in [0.2, 0.25) is 0 Å². The Morgan fingerprint density at radius 3 is 0.477 bits per heavy atom. The molecular weight excluding hydrogens is 547 g/mol. The molecular formula is C43H90P+. The number of hydrogen-bond donors (Lipinski definition) is 0. The Balaban J connectivity index is 3.05. The molecule has 0 saturated heterocycles. The average Bonchev–Trinajstić information content (AvgIpc) is 3.00. The molecule has 0 unspecified atom stereocenters. The van der Waals surface area contributed by atoms with E-state index in [1.54, 1.807) is 0 Å². The highest BCUT2D eigenvalue weighted by molar-refractivity contribution is 7.73. The number of hydrogen-bond acceptors (Lipinski definition) is 0. The molecule has 0 spiro atoms. The average molecular weight is 638 g/mol. The monoisotopic (exact) mass is 638 g/mol. The highest BCUT2D eigenvalue weighted by atomic mass is 31.2. The summed E-state index contributed by atoms with van der Waals surface area (Å²) in [6.45, 7) is 9.76. The largest absolute Gasteiger partial charge is 0.0654 e. The molecule has 0 fully saturated rings. The Morgan fingerprint density at radius 2 is 0.341 bits per heavy atom. The quantitative estimate of drug-likeness (QED) is 0.0465. The lowest BCUT2D eigenvalue weighted by molar-refractivity contribution is 0.510. The zero-order chi connectivity index (χ0) is 32.1. The van der Waals surface area contributed by atoms with E-state index < -0.39 is 7.26 Å². The molecule has 0 aromatic rings. The third kappa shape index (κ3) is 42.4. The van der Waals surface area contributed by atoms with Gasteiger partial charge in [0, 0.05) is 27.3 Å². The summed E-state index contributed by atoms with van der Waals surface area (Å²) in [6, 6.07) is 0. The smallest absolute Gasteiger partial charge is 0.0586 e. The lowest BCUT2D eigenvalue weighted by atomic mass is 10.0. The Labute approximate surface area is 283 Å². The van der Waals surface area contributed by atoms with E-state index in [1.807, 2.05) is 0 Å². The van der Waals surface area contributed by atoms with Gasteiger partial charge in [0.25, 0.3) is 0 Å². The predicted molar refractivity (Wildman–Crippen MR) is 211 cm³/mol. The second kappa shape index (κ2) is 37.9. The maximum atomic E-state index is 2.48. The van der Waals surface area contributed by atoms with Crippen LogP contribution >= 0.6 is 7.26 Å². The summed E-state index contributed by atoms with van der Waals surface area (Å²) in [5, 5.41) is 0. The van der Waals surface area contributed by atoms with Crippen molar-refractivity contribution in [2.75, 3.05) is 26.2 Å². The van der Waals surface area contributed by atoms with Gasteiger partial charge in [-0.3, -0.25) is 0 Å². The fourth-order valence-corrected chi connectivity index (χ4v) is 8.20. The lowest BCUT2D eigenvalue weighted by Crippen LogP contribution is -1.93. The predicted octanol–water partition coefficient (Wildman–Crippen LogP) is 16.7. The zero-order valence-corrected chi connectivity index (χ0v) is 32.9. The van der Waals surface area contributed by atoms with Crippen molar-refractivity contribution in [2.45, 2.75) is 251 Å². The van der Waals surface area contributed by atoms with E-state index in [1.165, 1.54) is 250 Å². The van der Waals surface area contributed by atoms with Crippen LogP contribution in [0.3, 0.4) is 0 Å². The molecule has 0 aromatic heterocycles. The molecule has 0 aliphatic rings. The van der Waals surface area contributed by atoms with Crippen LogP contribution < -0.4 is 0 Å². The van der Waals surface area contributed by atoms with E-state index in [0.717, 1.165) is 0 Å². The minimum Gasteiger partial charge on any atom is -0.0654 e. The first-order valence-electron chi connectivity index (χ1n) is 21.4. The Kier molecular flexibility index (Phi) is 38.3. The molecule has 0 nitrogen and oxygen atoms in total. The molecule has 44 heavy (non-hydrogen) atoms. The maximum Gasteiger partial charge on any atom is 0.0586 e. The van der Waals surface area contributed by atoms with Gasteiger partial charge in [0.1, 0.15) is 0 Å². The van der Waals surface area contributed by atoms with Gasteiger partial charge in [0.05, 0.1) is 6.16 Å². The summed E-state index contributed by atoms with van der Waals surface area (Å²) in [7, 11) is -0.522. The first-order chi connectivity index (χ1) is 21.6. The van der Waals surface area contributed by atoms with Crippen molar-refractivity contribution in [3.8, 4) is 0 Å². The fourth-order valence-electron chi connectivity index (χ4n) is 7.02. The molecule has 0 aliphatic carbocycles. The van der Waals surface area contributed by atoms with Crippen LogP contribution in [0, 0.1) is 0 Å². The first kappa shape index (κ1) is 44.4. The van der Waals surface area contributed by atoms with Crippen LogP contribution in [0.25, 0.3) is 0 Å². The van der Waals surface area contributed by atoms with E-state index in [0.29, 0.717) is 0 Å². The van der Waals surface area contributed by atoms with Crippen LogP contribution in [0.15, 0.2) is 0 Å². The molecule has 266 valence electrons. The van der Waals surface area contributed by atoms with Crippen LogP contribution in [0.1, 0.15) is 251 Å². The van der Waals surface area contributed by atoms with E-state index in [-0.39, 0.29) is 0 Å². The first-order valence-corrected chi connectivity index (χ1v) is 24.7. The number of rotatable bonds is 39. The molecule has 0 saturated carbocycles. The molecule has 0 heterocycles. The van der Waals surface area contributed by atoms with Crippen LogP contribution in [-0.4, -0.2) is 26.2 Å². The molecule has 0 N–H and O–H groups in total. The summed E-state index contributed by atoms with van der Waals surface area (Å²) in [5.41, 5.74) is 0. The van der Waals surface area contributed by atoms with Crippen molar-refractivity contribution in [2.24, 2.45) is 0 Å². The molecule has 0 aliphatic heterocycles. The second-order valence-corrected chi connectivity index (χ2v) is 21.1. The standard InChI is InChI=1S/C43H90P/c1-5-6-7-8-9-10-11-12-13-14-15-16-17-18-19-20-21-22-23-24-25-26-27-28-29-30-31-32-33-34-35-36-37-38-39-40-41-42-43-44(2,3)4/h5-43H2,1-4H3/q+1. The molecule has 1 heteroatoms. The minimum atomic E-state index is -0.522. The lowest BCUT2D eigenvalue weighted by Gasteiger charge is -2.10. The van der Waals surface area contributed by atoms with Crippen molar-refractivity contribution in [3.05, 3.63) is 0 Å². The van der Waals surface area contributed by atoms with Crippen LogP contribution in [0.2, 0.25) is 0 Å². The van der Waals surface area contributed by atoms with E-state index >= 15 is 0 Å². The summed E-state index contributed by atoms with van der Waals surface area (Å²) < 4.78 is 0. The SMILES string of the molecule is CCCCCCCCCCCCCCCCCCCCCCCCCCCCCCCCCCCCCCCC[P+](C)(C)C. The van der Waals surface area contributed by atoms with Crippen molar-refractivity contribution in [1.29, 1.82) is 0 Å². The molecule has 0 rings (SSSR count). The van der Waals surface area contributed by atoms with Gasteiger partial charge in [-0.05, 0) is 12.8 Å². The molecule has 0 radical (unpaired) electrons. The van der Waals surface area contributed by atoms with Crippen molar-refractivity contribution in [1.82, 2.24) is 0 Å². The maximum absolute atomic E-state index is 2.48. The molecule has 0 bridgehead atoms. The van der Waals surface area contributed by atoms with Gasteiger partial charge in [-0.15, -0.1) is 0 Å². The fraction of sp³-hybridized carbons (Fsp3) is 1.00. The summed E-state index contributed by atoms with van der Waals surface area (Å²) in [6.07, 6.45) is 58.1. The van der Waals surface area contributed by atoms with E-state index in [2.05, 4.69) is 26.9 Å². The highest BCUT2D eigenvalue weighted by Gasteiger charge is 2.15. The van der Waals surface area contributed by atoms with Gasteiger partial charge in [-0.2, -0.15) is 0 Å². The van der Waals surface area contributed by atoms with Gasteiger partial charge < -0.3 is 0 Å². The van der Waals surface area contributed by atoms with Gasteiger partial charge in [-0.1, -0.05) is 238 Å². The summed E-state index contributed by atoms with van der Waals surface area (Å²) >= 11 is 0. The summed E-state index contributed by atoms with van der Waals surface area (Å²) in [5.74, 6) is 0. The molecule has 0 atom stereocenters. The topological polar surface area (TPSA) is 0 Å². The normalized spacial score (nSPS) is 12.0. The van der Waals surface area contributed by atoms with Crippen LogP contribution in [0.4, 0.5) is 0 Å². The molecule has 0 aromatic carbocycles. The van der Waals surface area contributed by atoms with Gasteiger partial charge >= 0.3 is 0 Å². The van der Waals surface area contributed by atoms with Crippen molar-refractivity contribution >= 4 is 7.26 Å². The van der Waals surface area contributed by atoms with Crippen LogP contribution in [-0.2, 0) is 0 Å². The van der Waals surface area contributed by atoms with Crippen molar-refractivity contribution in [3.63, 3.8) is 0 Å². The zero-order valence-electron chi connectivity index (χ0n) is 32.0. The number of unbranched alkanes of at least 4 members (excludes halogenated alkanes) is 37. The third-order valence-electron chi connectivity index (χ3n) is 10.2. The third-order valence-corrected chi connectivity index (χ3v) is 11.8. The Bertz CT molecular complexity index is 492. The van der Waals surface area contributed by atoms with E-state index in [9.17, 15) is 0 Å². The van der Waals surface area contributed by atoms with Gasteiger partial charge in [0.15, 0.2) is 0 Å². The Morgan fingerprint density at radius 1 is 0.205 bits per heavy atom. The molecule has 0 amide bonds. The summed E-state index contributed by atoms with van der Waals surface area (Å²) in [4.78, 5) is 0. The second-order valence-electron chi connectivity index (χ2n) is 16.1. The van der Waals surface area contributed by atoms with Crippen LogP contribution in [0.5, 0.6) is 0 Å². The van der Waals surface area contributed by atoms with Gasteiger partial charge in [-0.25, -0.2) is 0 Å².